The second kappa shape index (κ2) is 8.25. The van der Waals surface area contributed by atoms with Gasteiger partial charge < -0.3 is 15.2 Å². The van der Waals surface area contributed by atoms with Crippen LogP contribution in [0.4, 0.5) is 0 Å². The zero-order chi connectivity index (χ0) is 15.9. The van der Waals surface area contributed by atoms with Gasteiger partial charge in [0.15, 0.2) is 5.92 Å². The Balaban J connectivity index is 4.81. The molecule has 2 atom stereocenters. The third kappa shape index (κ3) is 8.15. The summed E-state index contributed by atoms with van der Waals surface area (Å²) in [7, 11) is 0. The monoisotopic (exact) mass is 287 g/mol. The first-order valence-corrected chi connectivity index (χ1v) is 7.21. The minimum atomic E-state index is -0.942. The van der Waals surface area contributed by atoms with Crippen molar-refractivity contribution in [2.45, 2.75) is 66.0 Å². The Kier molecular flexibility index (Phi) is 7.79. The molecule has 0 rings (SSSR count). The van der Waals surface area contributed by atoms with Crippen molar-refractivity contribution in [3.63, 3.8) is 0 Å². The van der Waals surface area contributed by atoms with Gasteiger partial charge in [-0.05, 0) is 46.5 Å². The highest BCUT2D eigenvalue weighted by molar-refractivity contribution is 5.95. The van der Waals surface area contributed by atoms with Crippen molar-refractivity contribution in [2.24, 2.45) is 17.6 Å². The summed E-state index contributed by atoms with van der Waals surface area (Å²) in [4.78, 5) is 24.0. The van der Waals surface area contributed by atoms with Crippen molar-refractivity contribution in [2.75, 3.05) is 6.61 Å². The van der Waals surface area contributed by atoms with Gasteiger partial charge in [0, 0.05) is 6.04 Å². The Morgan fingerprint density at radius 3 is 2.05 bits per heavy atom. The van der Waals surface area contributed by atoms with Gasteiger partial charge in [-0.2, -0.15) is 0 Å². The van der Waals surface area contributed by atoms with E-state index >= 15 is 0 Å². The summed E-state index contributed by atoms with van der Waals surface area (Å²) in [6, 6.07) is -0.225. The normalized spacial score (nSPS) is 14.8. The number of nitrogens with two attached hydrogens (primary N) is 1. The fourth-order valence-electron chi connectivity index (χ4n) is 1.91. The smallest absolute Gasteiger partial charge is 0.320 e. The highest BCUT2D eigenvalue weighted by Gasteiger charge is 2.33. The van der Waals surface area contributed by atoms with Gasteiger partial charge >= 0.3 is 11.9 Å². The van der Waals surface area contributed by atoms with E-state index in [1.807, 2.05) is 13.8 Å². The molecule has 0 heterocycles. The Bertz CT molecular complexity index is 320. The van der Waals surface area contributed by atoms with Crippen LogP contribution < -0.4 is 5.73 Å². The lowest BCUT2D eigenvalue weighted by molar-refractivity contribution is -0.169. The van der Waals surface area contributed by atoms with Crippen molar-refractivity contribution < 1.29 is 19.1 Å². The number of ether oxygens (including phenoxy) is 2. The number of carbonyl (C=O) groups is 2. The molecular weight excluding hydrogens is 258 g/mol. The van der Waals surface area contributed by atoms with Crippen LogP contribution in [-0.4, -0.2) is 30.2 Å². The molecule has 2 N–H and O–H groups in total. The van der Waals surface area contributed by atoms with Gasteiger partial charge in [0.2, 0.25) is 0 Å². The number of carbonyl (C=O) groups excluding carboxylic acids is 2. The van der Waals surface area contributed by atoms with Crippen molar-refractivity contribution in [1.82, 2.24) is 0 Å². The molecule has 0 radical (unpaired) electrons. The molecule has 0 aliphatic carbocycles. The zero-order valence-electron chi connectivity index (χ0n) is 13.6. The molecular formula is C15H29NO4. The zero-order valence-corrected chi connectivity index (χ0v) is 13.6. The SMILES string of the molecule is CCOC(=O)[C@@H](CC(N)CC(C)C)C(=O)OC(C)(C)C. The van der Waals surface area contributed by atoms with Crippen LogP contribution in [0.2, 0.25) is 0 Å². The lowest BCUT2D eigenvalue weighted by Gasteiger charge is -2.25. The molecule has 1 unspecified atom stereocenters. The summed E-state index contributed by atoms with van der Waals surface area (Å²) >= 11 is 0. The Morgan fingerprint density at radius 2 is 1.65 bits per heavy atom. The quantitative estimate of drug-likeness (QED) is 0.574. The van der Waals surface area contributed by atoms with Crippen LogP contribution in [0, 0.1) is 11.8 Å². The molecule has 0 saturated carbocycles. The summed E-state index contributed by atoms with van der Waals surface area (Å²) in [5.41, 5.74) is 5.36. The number of hydrogen-bond acceptors (Lipinski definition) is 5. The molecule has 0 aromatic heterocycles. The van der Waals surface area contributed by atoms with Crippen molar-refractivity contribution >= 4 is 11.9 Å². The molecule has 118 valence electrons. The van der Waals surface area contributed by atoms with Crippen LogP contribution in [0.15, 0.2) is 0 Å². The maximum Gasteiger partial charge on any atom is 0.320 e. The van der Waals surface area contributed by atoms with Crippen molar-refractivity contribution in [3.05, 3.63) is 0 Å². The van der Waals surface area contributed by atoms with Gasteiger partial charge in [-0.15, -0.1) is 0 Å². The third-order valence-corrected chi connectivity index (χ3v) is 2.58. The number of esters is 2. The van der Waals surface area contributed by atoms with E-state index in [9.17, 15) is 9.59 Å². The first kappa shape index (κ1) is 18.9. The predicted octanol–water partition coefficient (Wildman–Crippen LogP) is 2.27. The molecule has 0 aromatic rings. The average Bonchev–Trinajstić information content (AvgIpc) is 2.22. The van der Waals surface area contributed by atoms with E-state index < -0.39 is 23.5 Å². The van der Waals surface area contributed by atoms with Crippen molar-refractivity contribution in [3.8, 4) is 0 Å². The predicted molar refractivity (Wildman–Crippen MR) is 78.0 cm³/mol. The van der Waals surface area contributed by atoms with Crippen molar-refractivity contribution in [1.29, 1.82) is 0 Å². The van der Waals surface area contributed by atoms with Crippen LogP contribution in [0.25, 0.3) is 0 Å². The van der Waals surface area contributed by atoms with Gasteiger partial charge in [-0.3, -0.25) is 9.59 Å². The molecule has 0 fully saturated rings. The number of hydrogen-bond donors (Lipinski definition) is 1. The molecule has 0 spiro atoms. The molecule has 20 heavy (non-hydrogen) atoms. The molecule has 5 nitrogen and oxygen atoms in total. The Labute approximate surface area is 122 Å². The average molecular weight is 287 g/mol. The molecule has 0 aliphatic rings. The van der Waals surface area contributed by atoms with Gasteiger partial charge in [-0.1, -0.05) is 13.8 Å². The van der Waals surface area contributed by atoms with E-state index in [1.165, 1.54) is 0 Å². The van der Waals surface area contributed by atoms with Gasteiger partial charge in [0.25, 0.3) is 0 Å². The van der Waals surface area contributed by atoms with E-state index in [1.54, 1.807) is 27.7 Å². The molecule has 0 aliphatic heterocycles. The van der Waals surface area contributed by atoms with Gasteiger partial charge in [0.05, 0.1) is 6.61 Å². The minimum absolute atomic E-state index is 0.225. The summed E-state index contributed by atoms with van der Waals surface area (Å²) in [6.07, 6.45) is 1.00. The van der Waals surface area contributed by atoms with Crippen LogP contribution in [0.5, 0.6) is 0 Å². The fourth-order valence-corrected chi connectivity index (χ4v) is 1.91. The highest BCUT2D eigenvalue weighted by atomic mass is 16.6. The fraction of sp³-hybridized carbons (Fsp3) is 0.867. The first-order valence-electron chi connectivity index (χ1n) is 7.21. The van der Waals surface area contributed by atoms with Crippen LogP contribution >= 0.6 is 0 Å². The maximum atomic E-state index is 12.1. The lowest BCUT2D eigenvalue weighted by Crippen LogP contribution is -2.38. The second-order valence-corrected chi connectivity index (χ2v) is 6.46. The molecule has 5 heteroatoms. The van der Waals surface area contributed by atoms with Crippen LogP contribution in [0.3, 0.4) is 0 Å². The summed E-state index contributed by atoms with van der Waals surface area (Å²) in [5, 5.41) is 0. The third-order valence-electron chi connectivity index (χ3n) is 2.58. The largest absolute Gasteiger partial charge is 0.465 e. The molecule has 0 saturated heterocycles. The van der Waals surface area contributed by atoms with Gasteiger partial charge in [-0.25, -0.2) is 0 Å². The van der Waals surface area contributed by atoms with Crippen LogP contribution in [0.1, 0.15) is 54.4 Å². The van der Waals surface area contributed by atoms with Crippen LogP contribution in [-0.2, 0) is 19.1 Å². The summed E-state index contributed by atoms with van der Waals surface area (Å²) in [5.74, 6) is -1.65. The first-order chi connectivity index (χ1) is 9.06. The minimum Gasteiger partial charge on any atom is -0.465 e. The lowest BCUT2D eigenvalue weighted by atomic mass is 9.94. The molecule has 0 amide bonds. The van der Waals surface area contributed by atoms with E-state index in [2.05, 4.69) is 0 Å². The van der Waals surface area contributed by atoms with Gasteiger partial charge in [0.1, 0.15) is 5.60 Å². The maximum absolute atomic E-state index is 12.1. The summed E-state index contributed by atoms with van der Waals surface area (Å²) < 4.78 is 10.2. The standard InChI is InChI=1S/C15H29NO4/c1-7-19-13(17)12(9-11(16)8-10(2)3)14(18)20-15(4,5)6/h10-12H,7-9,16H2,1-6H3/t11?,12-/m1/s1. The second-order valence-electron chi connectivity index (χ2n) is 6.46. The Hall–Kier alpha value is -1.10. The Morgan fingerprint density at radius 1 is 1.10 bits per heavy atom. The molecule has 0 bridgehead atoms. The molecule has 0 aromatic carbocycles. The van der Waals surface area contributed by atoms with E-state index in [4.69, 9.17) is 15.2 Å². The van der Waals surface area contributed by atoms with E-state index in [-0.39, 0.29) is 19.1 Å². The number of rotatable bonds is 7. The van der Waals surface area contributed by atoms with E-state index in [0.29, 0.717) is 5.92 Å². The highest BCUT2D eigenvalue weighted by Crippen LogP contribution is 2.18. The summed E-state index contributed by atoms with van der Waals surface area (Å²) in [6.45, 7) is 11.3. The topological polar surface area (TPSA) is 78.6 Å². The van der Waals surface area contributed by atoms with E-state index in [0.717, 1.165) is 6.42 Å².